The van der Waals surface area contributed by atoms with Gasteiger partial charge in [-0.2, -0.15) is 0 Å². The lowest BCUT2D eigenvalue weighted by Gasteiger charge is -2.19. The number of amides is 1. The fourth-order valence-electron chi connectivity index (χ4n) is 2.37. The smallest absolute Gasteiger partial charge is 0.247 e. The molecule has 26 heavy (non-hydrogen) atoms. The van der Waals surface area contributed by atoms with Gasteiger partial charge in [0.15, 0.2) is 11.5 Å². The van der Waals surface area contributed by atoms with Gasteiger partial charge >= 0.3 is 0 Å². The Kier molecular flexibility index (Phi) is 7.56. The molecule has 0 bridgehead atoms. The molecule has 0 aliphatic carbocycles. The summed E-state index contributed by atoms with van der Waals surface area (Å²) in [4.78, 5) is 14.2. The van der Waals surface area contributed by atoms with Crippen LogP contribution in [0.3, 0.4) is 0 Å². The second-order valence-corrected chi connectivity index (χ2v) is 5.81. The van der Waals surface area contributed by atoms with Gasteiger partial charge in [-0.05, 0) is 35.9 Å². The molecule has 1 aromatic carbocycles. The molecule has 1 amide bonds. The van der Waals surface area contributed by atoms with E-state index in [-0.39, 0.29) is 5.91 Å². The van der Waals surface area contributed by atoms with Crippen molar-refractivity contribution in [1.82, 2.24) is 4.90 Å². The Labute approximate surface area is 157 Å². The van der Waals surface area contributed by atoms with Crippen LogP contribution in [0.4, 0.5) is 0 Å². The number of carbonyl (C=O) groups is 1. The molecule has 0 N–H and O–H groups in total. The first-order valence-electron chi connectivity index (χ1n) is 7.98. The minimum absolute atomic E-state index is 0.163. The van der Waals surface area contributed by atoms with Crippen molar-refractivity contribution >= 4 is 23.6 Å². The van der Waals surface area contributed by atoms with Gasteiger partial charge in [-0.1, -0.05) is 11.6 Å². The van der Waals surface area contributed by atoms with Crippen LogP contribution in [0.25, 0.3) is 6.08 Å². The molecule has 2 aromatic rings. The molecule has 0 fully saturated rings. The van der Waals surface area contributed by atoms with Crippen LogP contribution in [0, 0.1) is 0 Å². The molecule has 1 aromatic heterocycles. The van der Waals surface area contributed by atoms with Gasteiger partial charge in [0, 0.05) is 19.7 Å². The van der Waals surface area contributed by atoms with Crippen molar-refractivity contribution < 1.29 is 23.4 Å². The number of nitrogens with zero attached hydrogens (tertiary/aromatic N) is 1. The van der Waals surface area contributed by atoms with E-state index < -0.39 is 0 Å². The van der Waals surface area contributed by atoms with E-state index in [4.69, 9.17) is 30.2 Å². The summed E-state index contributed by atoms with van der Waals surface area (Å²) in [5.74, 6) is 1.50. The number of ether oxygens (including phenoxy) is 3. The van der Waals surface area contributed by atoms with Gasteiger partial charge in [-0.15, -0.1) is 0 Å². The number of furan rings is 1. The van der Waals surface area contributed by atoms with Gasteiger partial charge in [0.05, 0.1) is 38.7 Å². The Morgan fingerprint density at radius 2 is 2.08 bits per heavy atom. The minimum Gasteiger partial charge on any atom is -0.493 e. The highest BCUT2D eigenvalue weighted by Gasteiger charge is 2.14. The number of halogens is 1. The van der Waals surface area contributed by atoms with Crippen molar-refractivity contribution in [2.75, 3.05) is 34.5 Å². The highest BCUT2D eigenvalue weighted by molar-refractivity contribution is 6.32. The zero-order chi connectivity index (χ0) is 18.9. The molecular weight excluding hydrogens is 358 g/mol. The third-order valence-electron chi connectivity index (χ3n) is 3.68. The first kappa shape index (κ1) is 19.9. The molecule has 7 heteroatoms. The Morgan fingerprint density at radius 3 is 2.69 bits per heavy atom. The van der Waals surface area contributed by atoms with Crippen molar-refractivity contribution in [2.24, 2.45) is 0 Å². The van der Waals surface area contributed by atoms with Gasteiger partial charge in [0.25, 0.3) is 0 Å². The predicted molar refractivity (Wildman–Crippen MR) is 99.6 cm³/mol. The quantitative estimate of drug-likeness (QED) is 0.622. The zero-order valence-electron chi connectivity index (χ0n) is 15.0. The summed E-state index contributed by atoms with van der Waals surface area (Å²) in [7, 11) is 4.64. The van der Waals surface area contributed by atoms with Gasteiger partial charge in [0.2, 0.25) is 5.91 Å². The summed E-state index contributed by atoms with van der Waals surface area (Å²) >= 11 is 6.19. The molecule has 140 valence electrons. The SMILES string of the molecule is COCCN(Cc1ccco1)C(=O)/C=C/c1cc(Cl)c(OC)c(OC)c1. The molecule has 0 radical (unpaired) electrons. The fourth-order valence-corrected chi connectivity index (χ4v) is 2.66. The van der Waals surface area contributed by atoms with Crippen molar-refractivity contribution in [3.63, 3.8) is 0 Å². The van der Waals surface area contributed by atoms with Crippen LogP contribution in [0.2, 0.25) is 5.02 Å². The van der Waals surface area contributed by atoms with Crippen LogP contribution >= 0.6 is 11.6 Å². The standard InChI is InChI=1S/C19H22ClNO5/c1-23-10-8-21(13-15-5-4-9-26-15)18(22)7-6-14-11-16(20)19(25-3)17(12-14)24-2/h4-7,9,11-12H,8,10,13H2,1-3H3/b7-6+. The van der Waals surface area contributed by atoms with E-state index in [1.165, 1.54) is 20.3 Å². The minimum atomic E-state index is -0.163. The van der Waals surface area contributed by atoms with Crippen LogP contribution in [-0.2, 0) is 16.1 Å². The summed E-state index contributed by atoms with van der Waals surface area (Å²) < 4.78 is 20.9. The third-order valence-corrected chi connectivity index (χ3v) is 3.96. The Hall–Kier alpha value is -2.44. The molecule has 0 saturated heterocycles. The van der Waals surface area contributed by atoms with Gasteiger partial charge in [-0.25, -0.2) is 0 Å². The van der Waals surface area contributed by atoms with Crippen LogP contribution in [-0.4, -0.2) is 45.3 Å². The zero-order valence-corrected chi connectivity index (χ0v) is 15.8. The second-order valence-electron chi connectivity index (χ2n) is 5.40. The van der Waals surface area contributed by atoms with Gasteiger partial charge < -0.3 is 23.5 Å². The van der Waals surface area contributed by atoms with Crippen molar-refractivity contribution in [2.45, 2.75) is 6.54 Å². The van der Waals surface area contributed by atoms with Gasteiger partial charge in [0.1, 0.15) is 5.76 Å². The van der Waals surface area contributed by atoms with Crippen molar-refractivity contribution in [3.8, 4) is 11.5 Å². The van der Waals surface area contributed by atoms with E-state index in [0.717, 1.165) is 5.56 Å². The lowest BCUT2D eigenvalue weighted by Crippen LogP contribution is -2.31. The summed E-state index contributed by atoms with van der Waals surface area (Å²) in [6, 6.07) is 7.07. The lowest BCUT2D eigenvalue weighted by atomic mass is 10.2. The molecular formula is C19H22ClNO5. The number of rotatable bonds is 9. The summed E-state index contributed by atoms with van der Waals surface area (Å²) in [6.07, 6.45) is 4.74. The van der Waals surface area contributed by atoms with E-state index in [9.17, 15) is 4.79 Å². The first-order valence-corrected chi connectivity index (χ1v) is 8.36. The molecule has 0 atom stereocenters. The summed E-state index contributed by atoms with van der Waals surface area (Å²) in [5, 5.41) is 0.408. The van der Waals surface area contributed by atoms with Crippen LogP contribution in [0.5, 0.6) is 11.5 Å². The van der Waals surface area contributed by atoms with Gasteiger partial charge in [-0.3, -0.25) is 4.79 Å². The molecule has 2 rings (SSSR count). The largest absolute Gasteiger partial charge is 0.493 e. The van der Waals surface area contributed by atoms with Crippen molar-refractivity contribution in [1.29, 1.82) is 0 Å². The maximum absolute atomic E-state index is 12.6. The van der Waals surface area contributed by atoms with Crippen LogP contribution < -0.4 is 9.47 Å². The number of methoxy groups -OCH3 is 3. The van der Waals surface area contributed by atoms with E-state index in [1.807, 2.05) is 6.07 Å². The molecule has 0 saturated carbocycles. The van der Waals surface area contributed by atoms with Crippen molar-refractivity contribution in [3.05, 3.63) is 53.0 Å². The average molecular weight is 380 g/mol. The van der Waals surface area contributed by atoms with E-state index in [0.29, 0.717) is 42.0 Å². The number of carbonyl (C=O) groups excluding carboxylic acids is 1. The van der Waals surface area contributed by atoms with Crippen LogP contribution in [0.1, 0.15) is 11.3 Å². The predicted octanol–water partition coefficient (Wildman–Crippen LogP) is 3.64. The van der Waals surface area contributed by atoms with E-state index >= 15 is 0 Å². The van der Waals surface area contributed by atoms with E-state index in [2.05, 4.69) is 0 Å². The Balaban J connectivity index is 2.15. The highest BCUT2D eigenvalue weighted by atomic mass is 35.5. The summed E-state index contributed by atoms with van der Waals surface area (Å²) in [5.41, 5.74) is 0.727. The first-order chi connectivity index (χ1) is 12.6. The maximum atomic E-state index is 12.6. The summed E-state index contributed by atoms with van der Waals surface area (Å²) in [6.45, 7) is 1.25. The molecule has 1 heterocycles. The Morgan fingerprint density at radius 1 is 1.27 bits per heavy atom. The third kappa shape index (κ3) is 5.28. The average Bonchev–Trinajstić information content (AvgIpc) is 3.15. The second kappa shape index (κ2) is 9.89. The molecule has 6 nitrogen and oxygen atoms in total. The van der Waals surface area contributed by atoms with E-state index in [1.54, 1.807) is 42.5 Å². The highest BCUT2D eigenvalue weighted by Crippen LogP contribution is 2.36. The normalized spacial score (nSPS) is 10.9. The molecule has 0 spiro atoms. The number of hydrogen-bond acceptors (Lipinski definition) is 5. The molecule has 0 unspecified atom stereocenters. The monoisotopic (exact) mass is 379 g/mol. The Bertz CT molecular complexity index is 743. The molecule has 0 aliphatic rings. The molecule has 0 aliphatic heterocycles. The number of benzene rings is 1. The van der Waals surface area contributed by atoms with Crippen LogP contribution in [0.15, 0.2) is 41.0 Å². The maximum Gasteiger partial charge on any atom is 0.247 e. The number of hydrogen-bond donors (Lipinski definition) is 0. The fraction of sp³-hybridized carbons (Fsp3) is 0.316. The lowest BCUT2D eigenvalue weighted by molar-refractivity contribution is -0.127. The topological polar surface area (TPSA) is 61.1 Å².